The fourth-order valence-corrected chi connectivity index (χ4v) is 1.55. The van der Waals surface area contributed by atoms with E-state index in [1.165, 1.54) is 6.08 Å². The van der Waals surface area contributed by atoms with E-state index in [0.717, 1.165) is 0 Å². The Morgan fingerprint density at radius 1 is 1.53 bits per heavy atom. The molecule has 4 heteroatoms. The minimum Gasteiger partial charge on any atom is -0.480 e. The van der Waals surface area contributed by atoms with Gasteiger partial charge in [0.1, 0.15) is 0 Å². The molecule has 0 aromatic carbocycles. The zero-order chi connectivity index (χ0) is 12.1. The molecule has 0 rings (SSSR count). The van der Waals surface area contributed by atoms with Crippen LogP contribution in [-0.4, -0.2) is 23.7 Å². The van der Waals surface area contributed by atoms with Gasteiger partial charge < -0.3 is 9.84 Å². The Bertz CT molecular complexity index is 259. The Morgan fingerprint density at radius 3 is 2.33 bits per heavy atom. The first-order valence-corrected chi connectivity index (χ1v) is 5.00. The number of carbonyl (C=O) groups excluding carboxylic acids is 1. The van der Waals surface area contributed by atoms with Crippen LogP contribution in [0.2, 0.25) is 0 Å². The molecule has 4 nitrogen and oxygen atoms in total. The lowest BCUT2D eigenvalue weighted by Gasteiger charge is -2.29. The highest BCUT2D eigenvalue weighted by molar-refractivity contribution is 5.99. The van der Waals surface area contributed by atoms with Crippen LogP contribution in [0.25, 0.3) is 0 Å². The van der Waals surface area contributed by atoms with Gasteiger partial charge in [0.2, 0.25) is 0 Å². The summed E-state index contributed by atoms with van der Waals surface area (Å²) in [7, 11) is 0. The maximum Gasteiger partial charge on any atom is 0.324 e. The van der Waals surface area contributed by atoms with Gasteiger partial charge >= 0.3 is 11.9 Å². The molecule has 0 aromatic rings. The number of allylic oxidation sites excluding steroid dienone is 1. The van der Waals surface area contributed by atoms with E-state index in [1.807, 2.05) is 0 Å². The normalized spacial score (nSPS) is 16.2. The van der Waals surface area contributed by atoms with Crippen LogP contribution in [0.3, 0.4) is 0 Å². The van der Waals surface area contributed by atoms with E-state index in [9.17, 15) is 14.7 Å². The lowest BCUT2D eigenvalue weighted by molar-refractivity contribution is -0.171. The van der Waals surface area contributed by atoms with Crippen LogP contribution in [0.4, 0.5) is 0 Å². The molecule has 0 saturated heterocycles. The van der Waals surface area contributed by atoms with Crippen LogP contribution in [0.5, 0.6) is 0 Å². The van der Waals surface area contributed by atoms with E-state index in [0.29, 0.717) is 0 Å². The summed E-state index contributed by atoms with van der Waals surface area (Å²) in [5, 5.41) is 9.17. The molecule has 0 aromatic heterocycles. The number of carboxylic acid groups (broad SMARTS) is 1. The van der Waals surface area contributed by atoms with Crippen molar-refractivity contribution in [1.29, 1.82) is 0 Å². The number of ether oxygens (including phenoxy) is 1. The summed E-state index contributed by atoms with van der Waals surface area (Å²) in [5.74, 6) is -2.30. The van der Waals surface area contributed by atoms with E-state index in [-0.39, 0.29) is 13.0 Å². The van der Waals surface area contributed by atoms with Gasteiger partial charge in [-0.25, -0.2) is 0 Å². The van der Waals surface area contributed by atoms with Gasteiger partial charge in [-0.15, -0.1) is 6.58 Å². The van der Waals surface area contributed by atoms with Crippen LogP contribution in [-0.2, 0) is 14.3 Å². The van der Waals surface area contributed by atoms with Crippen molar-refractivity contribution in [3.8, 4) is 0 Å². The second kappa shape index (κ2) is 5.53. The molecule has 0 radical (unpaired) electrons. The Morgan fingerprint density at radius 2 is 2.07 bits per heavy atom. The van der Waals surface area contributed by atoms with Gasteiger partial charge in [0.15, 0.2) is 5.41 Å². The number of hydrogen-bond donors (Lipinski definition) is 1. The summed E-state index contributed by atoms with van der Waals surface area (Å²) in [5.41, 5.74) is -1.50. The quantitative estimate of drug-likeness (QED) is 0.416. The summed E-state index contributed by atoms with van der Waals surface area (Å²) in [6, 6.07) is 0. The van der Waals surface area contributed by atoms with Crippen LogP contribution in [0.1, 0.15) is 27.2 Å². The highest BCUT2D eigenvalue weighted by Gasteiger charge is 2.49. The van der Waals surface area contributed by atoms with Crippen molar-refractivity contribution in [2.24, 2.45) is 11.3 Å². The van der Waals surface area contributed by atoms with Crippen molar-refractivity contribution in [3.05, 3.63) is 12.7 Å². The molecule has 0 aliphatic rings. The fourth-order valence-electron chi connectivity index (χ4n) is 1.55. The van der Waals surface area contributed by atoms with Gasteiger partial charge in [-0.05, 0) is 13.3 Å². The fraction of sp³-hybridized carbons (Fsp3) is 0.636. The summed E-state index contributed by atoms with van der Waals surface area (Å²) in [6.07, 6.45) is 1.66. The minimum absolute atomic E-state index is 0.178. The van der Waals surface area contributed by atoms with E-state index < -0.39 is 23.3 Å². The number of esters is 1. The summed E-state index contributed by atoms with van der Waals surface area (Å²) >= 11 is 0. The lowest BCUT2D eigenvalue weighted by atomic mass is 9.74. The molecule has 0 amide bonds. The van der Waals surface area contributed by atoms with Gasteiger partial charge in [0, 0.05) is 5.92 Å². The highest BCUT2D eigenvalue weighted by Crippen LogP contribution is 2.34. The van der Waals surface area contributed by atoms with Crippen molar-refractivity contribution in [1.82, 2.24) is 0 Å². The number of carbonyl (C=O) groups is 2. The topological polar surface area (TPSA) is 63.6 Å². The third-order valence-corrected chi connectivity index (χ3v) is 2.71. The zero-order valence-corrected chi connectivity index (χ0v) is 9.45. The molecule has 2 unspecified atom stereocenters. The molecular formula is C11H18O4. The average molecular weight is 214 g/mol. The SMILES string of the molecule is C=CC(C)C(CC)(C(=O)O)C(=O)OCC. The van der Waals surface area contributed by atoms with Crippen molar-refractivity contribution in [2.45, 2.75) is 27.2 Å². The van der Waals surface area contributed by atoms with E-state index in [2.05, 4.69) is 6.58 Å². The first-order chi connectivity index (χ1) is 6.97. The van der Waals surface area contributed by atoms with Gasteiger partial charge in [-0.1, -0.05) is 19.9 Å². The molecule has 1 N–H and O–H groups in total. The largest absolute Gasteiger partial charge is 0.480 e. The second-order valence-corrected chi connectivity index (χ2v) is 3.37. The Kier molecular flexibility index (Phi) is 5.05. The molecule has 0 aliphatic heterocycles. The maximum absolute atomic E-state index is 11.7. The van der Waals surface area contributed by atoms with E-state index >= 15 is 0 Å². The summed E-state index contributed by atoms with van der Waals surface area (Å²) < 4.78 is 4.82. The first kappa shape index (κ1) is 13.7. The molecule has 2 atom stereocenters. The first-order valence-electron chi connectivity index (χ1n) is 5.00. The maximum atomic E-state index is 11.7. The van der Waals surface area contributed by atoms with Crippen LogP contribution >= 0.6 is 0 Å². The lowest BCUT2D eigenvalue weighted by Crippen LogP contribution is -2.44. The molecule has 0 heterocycles. The van der Waals surface area contributed by atoms with Gasteiger partial charge in [0.05, 0.1) is 6.61 Å². The van der Waals surface area contributed by atoms with Crippen LogP contribution < -0.4 is 0 Å². The summed E-state index contributed by atoms with van der Waals surface area (Å²) in [6.45, 7) is 8.67. The zero-order valence-electron chi connectivity index (χ0n) is 9.45. The Hall–Kier alpha value is -1.32. The molecule has 0 aliphatic carbocycles. The number of carboxylic acids is 1. The Labute approximate surface area is 89.9 Å². The average Bonchev–Trinajstić information content (AvgIpc) is 2.19. The standard InChI is InChI=1S/C11H18O4/c1-5-8(4)11(6-2,9(12)13)10(14)15-7-3/h5,8H,1,6-7H2,2-4H3,(H,12,13). The van der Waals surface area contributed by atoms with E-state index in [1.54, 1.807) is 20.8 Å². The molecular weight excluding hydrogens is 196 g/mol. The molecule has 86 valence electrons. The predicted octanol–water partition coefficient (Wildman–Crippen LogP) is 1.85. The van der Waals surface area contributed by atoms with Gasteiger partial charge in [-0.2, -0.15) is 0 Å². The van der Waals surface area contributed by atoms with Crippen molar-refractivity contribution < 1.29 is 19.4 Å². The summed E-state index contributed by atoms with van der Waals surface area (Å²) in [4.78, 5) is 22.9. The van der Waals surface area contributed by atoms with Crippen molar-refractivity contribution in [3.63, 3.8) is 0 Å². The van der Waals surface area contributed by atoms with Gasteiger partial charge in [0.25, 0.3) is 0 Å². The Balaban J connectivity index is 5.23. The smallest absolute Gasteiger partial charge is 0.324 e. The minimum atomic E-state index is -1.50. The molecule has 0 bridgehead atoms. The highest BCUT2D eigenvalue weighted by atomic mass is 16.5. The van der Waals surface area contributed by atoms with Crippen LogP contribution in [0.15, 0.2) is 12.7 Å². The number of rotatable bonds is 6. The van der Waals surface area contributed by atoms with Crippen molar-refractivity contribution in [2.75, 3.05) is 6.61 Å². The molecule has 0 fully saturated rings. The van der Waals surface area contributed by atoms with Crippen molar-refractivity contribution >= 4 is 11.9 Å². The van der Waals surface area contributed by atoms with Gasteiger partial charge in [-0.3, -0.25) is 9.59 Å². The monoisotopic (exact) mass is 214 g/mol. The third-order valence-electron chi connectivity index (χ3n) is 2.71. The number of aliphatic carboxylic acids is 1. The molecule has 0 saturated carbocycles. The van der Waals surface area contributed by atoms with Crippen LogP contribution in [0, 0.1) is 11.3 Å². The molecule has 0 spiro atoms. The molecule has 15 heavy (non-hydrogen) atoms. The second-order valence-electron chi connectivity index (χ2n) is 3.37. The predicted molar refractivity (Wildman–Crippen MR) is 56.4 cm³/mol. The third kappa shape index (κ3) is 2.37. The number of hydrogen-bond acceptors (Lipinski definition) is 3. The van der Waals surface area contributed by atoms with E-state index in [4.69, 9.17) is 4.74 Å².